The van der Waals surface area contributed by atoms with Crippen LogP contribution in [0.2, 0.25) is 0 Å². The molecule has 180 valence electrons. The molecular weight excluding hydrogens is 549 g/mol. The van der Waals surface area contributed by atoms with E-state index in [4.69, 9.17) is 10.5 Å². The van der Waals surface area contributed by atoms with Crippen LogP contribution < -0.4 is 10.6 Å². The van der Waals surface area contributed by atoms with E-state index >= 15 is 0 Å². The maximum Gasteiger partial charge on any atom is 0.410 e. The molecule has 34 heavy (non-hydrogen) atoms. The van der Waals surface area contributed by atoms with Gasteiger partial charge >= 0.3 is 6.09 Å². The molecule has 3 aromatic rings. The second-order valence-corrected chi connectivity index (χ2v) is 10.7. The average molecular weight is 577 g/mol. The van der Waals surface area contributed by atoms with Gasteiger partial charge in [0.25, 0.3) is 0 Å². The van der Waals surface area contributed by atoms with Crippen LogP contribution in [-0.2, 0) is 4.74 Å². The number of nitrogens with two attached hydrogens (primary N) is 1. The summed E-state index contributed by atoms with van der Waals surface area (Å²) >= 11 is 2.26. The number of carbonyl (C=O) groups is 2. The number of amides is 2. The summed E-state index contributed by atoms with van der Waals surface area (Å²) in [5.41, 5.74) is 5.95. The Bertz CT molecular complexity index is 1250. The molecule has 10 nitrogen and oxygen atoms in total. The van der Waals surface area contributed by atoms with E-state index < -0.39 is 11.5 Å². The zero-order valence-electron chi connectivity index (χ0n) is 19.8. The zero-order chi connectivity index (χ0) is 24.8. The van der Waals surface area contributed by atoms with Gasteiger partial charge < -0.3 is 20.3 Å². The topological polar surface area (TPSA) is 119 Å². The lowest BCUT2D eigenvalue weighted by molar-refractivity contribution is 0.0130. The summed E-state index contributed by atoms with van der Waals surface area (Å²) in [4.78, 5) is 41.9. The van der Waals surface area contributed by atoms with E-state index in [1.165, 1.54) is 6.33 Å². The summed E-state index contributed by atoms with van der Waals surface area (Å²) in [6, 6.07) is 3.17. The van der Waals surface area contributed by atoms with Gasteiger partial charge in [-0.1, -0.05) is 0 Å². The monoisotopic (exact) mass is 577 g/mol. The van der Waals surface area contributed by atoms with Crippen LogP contribution in [0.3, 0.4) is 0 Å². The molecule has 0 aliphatic carbocycles. The minimum atomic E-state index is -0.547. The first-order valence-corrected chi connectivity index (χ1v) is 12.1. The highest BCUT2D eigenvalue weighted by atomic mass is 127. The Kier molecular flexibility index (Phi) is 6.40. The summed E-state index contributed by atoms with van der Waals surface area (Å²) in [5.74, 6) is 0.822. The molecule has 3 aromatic heterocycles. The number of hydrogen-bond donors (Lipinski definition) is 1. The number of aromatic nitrogens is 4. The van der Waals surface area contributed by atoms with Crippen molar-refractivity contribution in [2.45, 2.75) is 52.3 Å². The number of primary amides is 1. The summed E-state index contributed by atoms with van der Waals surface area (Å²) in [6.45, 7) is 10.8. The smallest absolute Gasteiger partial charge is 0.410 e. The Labute approximate surface area is 211 Å². The van der Waals surface area contributed by atoms with Crippen LogP contribution in [-0.4, -0.2) is 67.2 Å². The zero-order valence-corrected chi connectivity index (χ0v) is 22.0. The van der Waals surface area contributed by atoms with E-state index in [9.17, 15) is 9.59 Å². The second kappa shape index (κ2) is 9.01. The summed E-state index contributed by atoms with van der Waals surface area (Å²) in [5, 5.41) is 0.888. The van der Waals surface area contributed by atoms with E-state index in [1.54, 1.807) is 23.2 Å². The lowest BCUT2D eigenvalue weighted by Gasteiger charge is -2.44. The number of nitrogens with zero attached hydrogens (tertiary/aromatic N) is 6. The summed E-state index contributed by atoms with van der Waals surface area (Å²) in [6.07, 6.45) is 4.69. The van der Waals surface area contributed by atoms with Crippen LogP contribution in [0.1, 0.15) is 45.0 Å². The number of anilines is 1. The van der Waals surface area contributed by atoms with Crippen molar-refractivity contribution in [2.75, 3.05) is 18.0 Å². The normalized spacial score (nSPS) is 18.9. The Balaban J connectivity index is 1.69. The molecule has 2 amide bonds. The molecular formula is C23H28IN7O3. The largest absolute Gasteiger partial charge is 0.444 e. The highest BCUT2D eigenvalue weighted by Gasteiger charge is 2.36. The van der Waals surface area contributed by atoms with Crippen molar-refractivity contribution in [1.82, 2.24) is 24.4 Å². The maximum absolute atomic E-state index is 12.7. The number of halogens is 1. The second-order valence-electron chi connectivity index (χ2n) is 9.49. The van der Waals surface area contributed by atoms with Crippen LogP contribution in [0.4, 0.5) is 10.6 Å². The molecule has 4 rings (SSSR count). The van der Waals surface area contributed by atoms with E-state index in [0.717, 1.165) is 14.8 Å². The molecule has 1 saturated heterocycles. The SMILES string of the molecule is CC1CN(C(=O)OC(C)(C)C)[C@@H](C)CN1c1ncnc2c1c(I)cn2-c1cc(C(N)=O)ccn1. The molecule has 1 unspecified atom stereocenters. The van der Waals surface area contributed by atoms with Crippen molar-refractivity contribution in [2.24, 2.45) is 5.73 Å². The fourth-order valence-corrected chi connectivity index (χ4v) is 4.86. The van der Waals surface area contributed by atoms with E-state index in [0.29, 0.717) is 30.1 Å². The minimum absolute atomic E-state index is 0.0114. The minimum Gasteiger partial charge on any atom is -0.444 e. The van der Waals surface area contributed by atoms with Gasteiger partial charge in [0.1, 0.15) is 23.6 Å². The van der Waals surface area contributed by atoms with Crippen molar-refractivity contribution < 1.29 is 14.3 Å². The van der Waals surface area contributed by atoms with E-state index in [-0.39, 0.29) is 18.2 Å². The predicted molar refractivity (Wildman–Crippen MR) is 137 cm³/mol. The molecule has 1 fully saturated rings. The van der Waals surface area contributed by atoms with Gasteiger partial charge in [-0.15, -0.1) is 0 Å². The van der Waals surface area contributed by atoms with Gasteiger partial charge in [0.2, 0.25) is 5.91 Å². The Morgan fingerprint density at radius 1 is 1.15 bits per heavy atom. The molecule has 0 bridgehead atoms. The summed E-state index contributed by atoms with van der Waals surface area (Å²) < 4.78 is 8.38. The lowest BCUT2D eigenvalue weighted by Crippen LogP contribution is -2.59. The third-order valence-corrected chi connectivity index (χ3v) is 6.50. The van der Waals surface area contributed by atoms with Gasteiger partial charge in [0.05, 0.1) is 5.39 Å². The van der Waals surface area contributed by atoms with Gasteiger partial charge in [0.15, 0.2) is 5.65 Å². The van der Waals surface area contributed by atoms with Crippen LogP contribution in [0.25, 0.3) is 16.9 Å². The van der Waals surface area contributed by atoms with Gasteiger partial charge in [-0.05, 0) is 69.3 Å². The van der Waals surface area contributed by atoms with Gasteiger partial charge in [-0.25, -0.2) is 19.7 Å². The molecule has 0 aromatic carbocycles. The first-order chi connectivity index (χ1) is 16.0. The summed E-state index contributed by atoms with van der Waals surface area (Å²) in [7, 11) is 0. The molecule has 11 heteroatoms. The number of rotatable bonds is 3. The number of pyridine rings is 1. The van der Waals surface area contributed by atoms with Gasteiger partial charge in [0, 0.05) is 46.7 Å². The number of hydrogen-bond acceptors (Lipinski definition) is 7. The molecule has 1 aliphatic rings. The maximum atomic E-state index is 12.7. The quantitative estimate of drug-likeness (QED) is 0.475. The van der Waals surface area contributed by atoms with Crippen molar-refractivity contribution in [3.05, 3.63) is 40.0 Å². The van der Waals surface area contributed by atoms with Crippen molar-refractivity contribution in [1.29, 1.82) is 0 Å². The standard InChI is InChI=1S/C23H28IN7O3/c1-13-10-30(22(33)34-23(3,4)5)14(2)9-29(13)20-18-16(24)11-31(21(18)28-12-27-20)17-8-15(19(25)32)6-7-26-17/h6-8,11-14H,9-10H2,1-5H3,(H2,25,32)/t13?,14-/m0/s1. The first kappa shape index (κ1) is 24.2. The molecule has 0 spiro atoms. The van der Waals surface area contributed by atoms with Gasteiger partial charge in [-0.2, -0.15) is 0 Å². The number of ether oxygens (including phenoxy) is 1. The van der Waals surface area contributed by atoms with E-state index in [2.05, 4.69) is 49.4 Å². The molecule has 1 aliphatic heterocycles. The van der Waals surface area contributed by atoms with Crippen LogP contribution in [0.15, 0.2) is 30.9 Å². The average Bonchev–Trinajstić information content (AvgIpc) is 3.11. The van der Waals surface area contributed by atoms with Crippen LogP contribution in [0, 0.1) is 3.57 Å². The van der Waals surface area contributed by atoms with Crippen molar-refractivity contribution in [3.8, 4) is 5.82 Å². The lowest BCUT2D eigenvalue weighted by atomic mass is 10.1. The highest BCUT2D eigenvalue weighted by Crippen LogP contribution is 2.33. The molecule has 2 N–H and O–H groups in total. The Morgan fingerprint density at radius 3 is 2.56 bits per heavy atom. The third-order valence-electron chi connectivity index (χ3n) is 5.68. The van der Waals surface area contributed by atoms with Crippen LogP contribution in [0.5, 0.6) is 0 Å². The Hall–Kier alpha value is -2.96. The third kappa shape index (κ3) is 4.65. The number of carbonyl (C=O) groups excluding carboxylic acids is 2. The van der Waals surface area contributed by atoms with Crippen molar-refractivity contribution in [3.63, 3.8) is 0 Å². The van der Waals surface area contributed by atoms with E-state index in [1.807, 2.05) is 38.5 Å². The molecule has 0 saturated carbocycles. The number of piperazine rings is 1. The van der Waals surface area contributed by atoms with Crippen LogP contribution >= 0.6 is 22.6 Å². The first-order valence-electron chi connectivity index (χ1n) is 11.0. The Morgan fingerprint density at radius 2 is 1.88 bits per heavy atom. The molecule has 0 radical (unpaired) electrons. The van der Waals surface area contributed by atoms with Gasteiger partial charge in [-0.3, -0.25) is 9.36 Å². The number of fused-ring (bicyclic) bond motifs is 1. The predicted octanol–water partition coefficient (Wildman–Crippen LogP) is 3.35. The molecule has 4 heterocycles. The highest BCUT2D eigenvalue weighted by molar-refractivity contribution is 14.1. The fraction of sp³-hybridized carbons (Fsp3) is 0.435. The fourth-order valence-electron chi connectivity index (χ4n) is 4.10. The molecule has 2 atom stereocenters. The van der Waals surface area contributed by atoms with Crippen molar-refractivity contribution >= 4 is 51.4 Å².